The zero-order valence-corrected chi connectivity index (χ0v) is 10.6. The highest BCUT2D eigenvalue weighted by molar-refractivity contribution is 7.09. The molecule has 5 heteroatoms. The van der Waals surface area contributed by atoms with Gasteiger partial charge in [0, 0.05) is 24.7 Å². The fraction of sp³-hybridized carbons (Fsp3) is 0.455. The van der Waals surface area contributed by atoms with Gasteiger partial charge in [-0.15, -0.1) is 11.3 Å². The molecule has 4 nitrogen and oxygen atoms in total. The van der Waals surface area contributed by atoms with Crippen LogP contribution in [0.3, 0.4) is 0 Å². The third kappa shape index (κ3) is 2.24. The van der Waals surface area contributed by atoms with Crippen LogP contribution in [0.5, 0.6) is 0 Å². The zero-order chi connectivity index (χ0) is 11.5. The van der Waals surface area contributed by atoms with E-state index in [1.54, 1.807) is 11.3 Å². The minimum absolute atomic E-state index is 0.222. The number of nitrogens with one attached hydrogen (secondary N) is 1. The topological polar surface area (TPSA) is 42.7 Å². The molecule has 1 unspecified atom stereocenters. The van der Waals surface area contributed by atoms with E-state index in [0.717, 1.165) is 22.9 Å². The molecule has 0 amide bonds. The first-order valence-corrected chi connectivity index (χ1v) is 6.27. The van der Waals surface area contributed by atoms with Crippen LogP contribution in [0.2, 0.25) is 0 Å². The van der Waals surface area contributed by atoms with E-state index >= 15 is 0 Å². The summed E-state index contributed by atoms with van der Waals surface area (Å²) in [5.74, 6) is 1.04. The molecule has 0 saturated carbocycles. The van der Waals surface area contributed by atoms with Crippen LogP contribution in [-0.2, 0) is 13.5 Å². The van der Waals surface area contributed by atoms with Gasteiger partial charge in [0.25, 0.3) is 0 Å². The summed E-state index contributed by atoms with van der Waals surface area (Å²) < 4.78 is 1.88. The van der Waals surface area contributed by atoms with Gasteiger partial charge in [-0.1, -0.05) is 6.92 Å². The molecule has 2 aromatic heterocycles. The van der Waals surface area contributed by atoms with E-state index in [4.69, 9.17) is 0 Å². The number of nitrogens with zero attached hydrogens (tertiary/aromatic N) is 3. The zero-order valence-electron chi connectivity index (χ0n) is 9.77. The minimum Gasteiger partial charge on any atom is -0.361 e. The molecule has 0 aromatic carbocycles. The van der Waals surface area contributed by atoms with E-state index in [0.29, 0.717) is 0 Å². The maximum absolute atomic E-state index is 4.40. The number of anilines is 1. The Labute approximate surface area is 99.3 Å². The first kappa shape index (κ1) is 11.1. The van der Waals surface area contributed by atoms with E-state index in [2.05, 4.69) is 35.3 Å². The van der Waals surface area contributed by atoms with Crippen molar-refractivity contribution in [1.82, 2.24) is 14.8 Å². The molecule has 0 aliphatic carbocycles. The van der Waals surface area contributed by atoms with Crippen molar-refractivity contribution in [2.75, 3.05) is 5.32 Å². The monoisotopic (exact) mass is 236 g/mol. The highest BCUT2D eigenvalue weighted by atomic mass is 32.1. The molecule has 16 heavy (non-hydrogen) atoms. The molecule has 86 valence electrons. The Hall–Kier alpha value is -1.36. The number of hydrogen-bond donors (Lipinski definition) is 1. The van der Waals surface area contributed by atoms with Crippen molar-refractivity contribution >= 4 is 17.2 Å². The van der Waals surface area contributed by atoms with Crippen LogP contribution >= 0.6 is 11.3 Å². The van der Waals surface area contributed by atoms with Crippen molar-refractivity contribution in [3.05, 3.63) is 28.3 Å². The van der Waals surface area contributed by atoms with Gasteiger partial charge >= 0.3 is 0 Å². The molecular formula is C11H16N4S. The molecule has 0 spiro atoms. The van der Waals surface area contributed by atoms with Crippen LogP contribution in [0, 0.1) is 0 Å². The average Bonchev–Trinajstić information content (AvgIpc) is 2.88. The molecule has 0 radical (unpaired) electrons. The number of rotatable bonds is 4. The lowest BCUT2D eigenvalue weighted by Crippen LogP contribution is -2.09. The fourth-order valence-corrected chi connectivity index (χ4v) is 2.21. The van der Waals surface area contributed by atoms with Gasteiger partial charge in [-0.25, -0.2) is 4.98 Å². The summed E-state index contributed by atoms with van der Waals surface area (Å²) in [5, 5.41) is 10.9. The standard InChI is InChI=1S/C11H16N4S/c1-4-9-7-10(15(3)14-9)13-8(2)11-12-5-6-16-11/h5-8,13H,4H2,1-3H3. The second-order valence-electron chi connectivity index (χ2n) is 3.73. The summed E-state index contributed by atoms with van der Waals surface area (Å²) in [6.45, 7) is 4.22. The predicted molar refractivity (Wildman–Crippen MR) is 66.7 cm³/mol. The normalized spacial score (nSPS) is 12.7. The molecule has 0 aliphatic heterocycles. The summed E-state index contributed by atoms with van der Waals surface area (Å²) in [6.07, 6.45) is 2.79. The lowest BCUT2D eigenvalue weighted by molar-refractivity contribution is 0.733. The Morgan fingerprint density at radius 2 is 2.38 bits per heavy atom. The molecule has 0 bridgehead atoms. The van der Waals surface area contributed by atoms with Crippen LogP contribution in [0.15, 0.2) is 17.6 Å². The van der Waals surface area contributed by atoms with E-state index in [1.807, 2.05) is 23.3 Å². The molecule has 0 saturated heterocycles. The summed E-state index contributed by atoms with van der Waals surface area (Å²) in [5.41, 5.74) is 1.11. The molecule has 1 atom stereocenters. The second kappa shape index (κ2) is 4.65. The van der Waals surface area contributed by atoms with Gasteiger partial charge in [0.15, 0.2) is 0 Å². The van der Waals surface area contributed by atoms with Crippen molar-refractivity contribution in [2.45, 2.75) is 26.3 Å². The van der Waals surface area contributed by atoms with E-state index < -0.39 is 0 Å². The second-order valence-corrected chi connectivity index (χ2v) is 4.66. The van der Waals surface area contributed by atoms with Crippen LogP contribution < -0.4 is 5.32 Å². The third-order valence-electron chi connectivity index (χ3n) is 2.48. The van der Waals surface area contributed by atoms with Gasteiger partial charge < -0.3 is 5.32 Å². The Kier molecular flexibility index (Phi) is 3.24. The van der Waals surface area contributed by atoms with Crippen molar-refractivity contribution in [3.8, 4) is 0 Å². The first-order valence-electron chi connectivity index (χ1n) is 5.39. The van der Waals surface area contributed by atoms with Crippen molar-refractivity contribution in [2.24, 2.45) is 7.05 Å². The third-order valence-corrected chi connectivity index (χ3v) is 3.44. The molecule has 2 heterocycles. The molecule has 0 fully saturated rings. The number of aryl methyl sites for hydroxylation is 2. The SMILES string of the molecule is CCc1cc(NC(C)c2nccs2)n(C)n1. The average molecular weight is 236 g/mol. The lowest BCUT2D eigenvalue weighted by atomic mass is 10.3. The van der Waals surface area contributed by atoms with E-state index in [9.17, 15) is 0 Å². The number of aromatic nitrogens is 3. The van der Waals surface area contributed by atoms with Crippen LogP contribution in [0.4, 0.5) is 5.82 Å². The highest BCUT2D eigenvalue weighted by Gasteiger charge is 2.10. The van der Waals surface area contributed by atoms with Gasteiger partial charge in [-0.3, -0.25) is 4.68 Å². The summed E-state index contributed by atoms with van der Waals surface area (Å²) >= 11 is 1.67. The number of thiazole rings is 1. The first-order chi connectivity index (χ1) is 7.70. The minimum atomic E-state index is 0.222. The maximum atomic E-state index is 4.40. The van der Waals surface area contributed by atoms with Gasteiger partial charge in [0.2, 0.25) is 0 Å². The lowest BCUT2D eigenvalue weighted by Gasteiger charge is -2.11. The number of hydrogen-bond acceptors (Lipinski definition) is 4. The van der Waals surface area contributed by atoms with Crippen LogP contribution in [0.25, 0.3) is 0 Å². The van der Waals surface area contributed by atoms with E-state index in [-0.39, 0.29) is 6.04 Å². The highest BCUT2D eigenvalue weighted by Crippen LogP contribution is 2.21. The van der Waals surface area contributed by atoms with Gasteiger partial charge in [0.1, 0.15) is 10.8 Å². The maximum Gasteiger partial charge on any atom is 0.124 e. The quantitative estimate of drug-likeness (QED) is 0.887. The predicted octanol–water partition coefficient (Wildman–Crippen LogP) is 2.61. The van der Waals surface area contributed by atoms with E-state index in [1.165, 1.54) is 0 Å². The summed E-state index contributed by atoms with van der Waals surface area (Å²) in [6, 6.07) is 2.31. The largest absolute Gasteiger partial charge is 0.361 e. The molecular weight excluding hydrogens is 220 g/mol. The van der Waals surface area contributed by atoms with Crippen LogP contribution in [0.1, 0.15) is 30.6 Å². The summed E-state index contributed by atoms with van der Waals surface area (Å²) in [7, 11) is 1.95. The van der Waals surface area contributed by atoms with Crippen molar-refractivity contribution in [1.29, 1.82) is 0 Å². The summed E-state index contributed by atoms with van der Waals surface area (Å²) in [4.78, 5) is 4.30. The van der Waals surface area contributed by atoms with Crippen LogP contribution in [-0.4, -0.2) is 14.8 Å². The molecule has 0 aliphatic rings. The Balaban J connectivity index is 2.11. The molecule has 2 aromatic rings. The Bertz CT molecular complexity index is 447. The Morgan fingerprint density at radius 1 is 1.56 bits per heavy atom. The molecule has 2 rings (SSSR count). The molecule has 1 N–H and O–H groups in total. The van der Waals surface area contributed by atoms with Gasteiger partial charge in [-0.2, -0.15) is 5.10 Å². The fourth-order valence-electron chi connectivity index (χ4n) is 1.57. The van der Waals surface area contributed by atoms with Crippen molar-refractivity contribution < 1.29 is 0 Å². The van der Waals surface area contributed by atoms with Gasteiger partial charge in [0.05, 0.1) is 11.7 Å². The smallest absolute Gasteiger partial charge is 0.124 e. The Morgan fingerprint density at radius 3 is 2.94 bits per heavy atom. The van der Waals surface area contributed by atoms with Crippen molar-refractivity contribution in [3.63, 3.8) is 0 Å². The van der Waals surface area contributed by atoms with Gasteiger partial charge in [-0.05, 0) is 13.3 Å².